The maximum absolute atomic E-state index is 13.7. The molecular weight excluding hydrogens is 1370 g/mol. The molecule has 0 spiro atoms. The number of pyridine rings is 2. The lowest BCUT2D eigenvalue weighted by atomic mass is 10.0. The van der Waals surface area contributed by atoms with Gasteiger partial charge in [-0.25, -0.2) is 0 Å². The normalized spacial score (nSPS) is 12.5. The van der Waals surface area contributed by atoms with Crippen molar-refractivity contribution in [1.82, 2.24) is 41.9 Å². The minimum absolute atomic E-state index is 0.422. The first-order chi connectivity index (χ1) is 55.6. The fourth-order valence-electron chi connectivity index (χ4n) is 19.0. The number of nitriles is 1. The van der Waals surface area contributed by atoms with Crippen LogP contribution in [-0.4, -0.2) is 48.2 Å². The first-order valence-corrected chi connectivity index (χ1v) is 38.0. The Labute approximate surface area is 640 Å². The van der Waals surface area contributed by atoms with Gasteiger partial charge in [-0.3, -0.25) is 15.0 Å². The van der Waals surface area contributed by atoms with Gasteiger partial charge in [0.15, 0.2) is 0 Å². The number of nitrogens with zero attached hydrogens (tertiary/aromatic N) is 11. The third-order valence-corrected chi connectivity index (χ3v) is 23.5. The van der Waals surface area contributed by atoms with Gasteiger partial charge in [-0.15, -0.1) is 0 Å². The summed E-state index contributed by atoms with van der Waals surface area (Å²) < 4.78 is 17.1. The van der Waals surface area contributed by atoms with Gasteiger partial charge in [0, 0.05) is 107 Å². The summed E-state index contributed by atoms with van der Waals surface area (Å²) in [5, 5.41) is 25.4. The summed E-state index contributed by atoms with van der Waals surface area (Å²) in [6.07, 6.45) is 10.9. The van der Waals surface area contributed by atoms with E-state index in [4.69, 9.17) is 15.0 Å². The van der Waals surface area contributed by atoms with E-state index in [9.17, 15) is 5.26 Å². The Hall–Kier alpha value is -15.4. The highest BCUT2D eigenvalue weighted by Gasteiger charge is 2.38. The van der Waals surface area contributed by atoms with Crippen LogP contribution in [0, 0.1) is 11.3 Å². The van der Waals surface area contributed by atoms with Crippen LogP contribution < -0.4 is 0 Å². The molecule has 112 heavy (non-hydrogen) atoms. The number of hydrogen-bond acceptors (Lipinski definition) is 4. The van der Waals surface area contributed by atoms with E-state index in [-0.39, 0.29) is 0 Å². The molecule has 0 bridgehead atoms. The molecule has 0 amide bonds. The van der Waals surface area contributed by atoms with Crippen LogP contribution >= 0.6 is 0 Å². The molecule has 0 N–H and O–H groups in total. The molecule has 11 heteroatoms. The van der Waals surface area contributed by atoms with E-state index < -0.39 is 0 Å². The van der Waals surface area contributed by atoms with Crippen molar-refractivity contribution in [2.24, 2.45) is 4.99 Å². The van der Waals surface area contributed by atoms with Gasteiger partial charge >= 0.3 is 0 Å². The van der Waals surface area contributed by atoms with Crippen LogP contribution in [0.4, 0.5) is 5.69 Å². The highest BCUT2D eigenvalue weighted by molar-refractivity contribution is 6.20. The Bertz CT molecular complexity index is 7600. The highest BCUT2D eigenvalue weighted by Crippen LogP contribution is 2.54. The molecule has 0 saturated heterocycles. The van der Waals surface area contributed by atoms with Crippen LogP contribution in [0.1, 0.15) is 17.7 Å². The molecular formula is C101H61N11. The maximum Gasteiger partial charge on any atom is 0.105 e. The third kappa shape index (κ3) is 8.54. The van der Waals surface area contributed by atoms with Crippen molar-refractivity contribution >= 4 is 160 Å². The zero-order valence-corrected chi connectivity index (χ0v) is 60.2. The van der Waals surface area contributed by atoms with Gasteiger partial charge in [0.2, 0.25) is 0 Å². The number of aromatic nitrogens is 9. The molecule has 0 aliphatic carbocycles. The molecule has 1 aliphatic heterocycles. The Morgan fingerprint density at radius 2 is 0.625 bits per heavy atom. The van der Waals surface area contributed by atoms with Crippen molar-refractivity contribution in [2.75, 3.05) is 0 Å². The summed E-state index contributed by atoms with van der Waals surface area (Å²) >= 11 is 0. The molecule has 1 aliphatic rings. The summed E-state index contributed by atoms with van der Waals surface area (Å²) in [6.45, 7) is 0. The maximum atomic E-state index is 13.7. The van der Waals surface area contributed by atoms with E-state index in [1.54, 1.807) is 0 Å². The standard InChI is InChI=1S/C101H61N11/c102-61-79-97(110-84-46-18-11-35-74(84)93-90(110)50-25-57-104-93)99(108-82-44-16-9-33-70(82)77-59-64(52-54-87(77)108)106-80-42-14-7-31-68(80)72-40-23-38-66(95(72)106)62-27-3-1-4-28-62)101(112-86-48-20-13-37-76(86)92-89(112)49-21-22-56-103-92)100(98(79)111-85-47-19-12-36-75(85)94-91(111)51-26-58-105-94)109-83-45-17-10-34-71(83)78-60-65(53-55-88(78)109)107-81-43-15-8-32-69(81)73-41-24-39-67(96(73)107)63-29-5-2-6-30-63/h1-21,23-60H,22H2. The zero-order chi connectivity index (χ0) is 73.4. The number of fused-ring (bicyclic) bond motifs is 21. The van der Waals surface area contributed by atoms with Gasteiger partial charge < -0.3 is 32.0 Å². The lowest BCUT2D eigenvalue weighted by molar-refractivity contribution is 0.975. The lowest BCUT2D eigenvalue weighted by Gasteiger charge is -2.30. The summed E-state index contributed by atoms with van der Waals surface area (Å²) in [5.41, 5.74) is 26.6. The van der Waals surface area contributed by atoms with Gasteiger partial charge in [-0.1, -0.05) is 231 Å². The van der Waals surface area contributed by atoms with Crippen molar-refractivity contribution in [3.05, 3.63) is 357 Å². The molecule has 9 aromatic heterocycles. The number of allylic oxidation sites excluding steroid dienone is 1. The van der Waals surface area contributed by atoms with Gasteiger partial charge in [-0.05, 0) is 120 Å². The van der Waals surface area contributed by atoms with Crippen LogP contribution in [0.2, 0.25) is 0 Å². The van der Waals surface area contributed by atoms with Crippen molar-refractivity contribution < 1.29 is 0 Å². The molecule has 10 heterocycles. The van der Waals surface area contributed by atoms with Crippen molar-refractivity contribution in [1.29, 1.82) is 5.26 Å². The minimum Gasteiger partial charge on any atom is -0.309 e. The van der Waals surface area contributed by atoms with Gasteiger partial charge in [0.25, 0.3) is 0 Å². The summed E-state index contributed by atoms with van der Waals surface area (Å²) in [4.78, 5) is 16.1. The van der Waals surface area contributed by atoms with Gasteiger partial charge in [-0.2, -0.15) is 5.26 Å². The van der Waals surface area contributed by atoms with Crippen molar-refractivity contribution in [3.63, 3.8) is 0 Å². The van der Waals surface area contributed by atoms with E-state index in [1.165, 1.54) is 21.5 Å². The predicted molar refractivity (Wildman–Crippen MR) is 462 cm³/mol. The van der Waals surface area contributed by atoms with Crippen LogP contribution in [0.5, 0.6) is 0 Å². The van der Waals surface area contributed by atoms with Crippen LogP contribution in [0.3, 0.4) is 0 Å². The largest absolute Gasteiger partial charge is 0.309 e. The highest BCUT2D eigenvalue weighted by atomic mass is 15.2. The second-order valence-corrected chi connectivity index (χ2v) is 29.2. The molecule has 0 unspecified atom stereocenters. The quantitative estimate of drug-likeness (QED) is 0.144. The second-order valence-electron chi connectivity index (χ2n) is 29.2. The van der Waals surface area contributed by atoms with E-state index in [0.717, 1.165) is 183 Å². The summed E-state index contributed by atoms with van der Waals surface area (Å²) in [5.74, 6) is 0. The Morgan fingerprint density at radius 3 is 1.08 bits per heavy atom. The second kappa shape index (κ2) is 23.8. The fraction of sp³-hybridized carbons (Fsp3) is 0.00990. The SMILES string of the molecule is N#Cc1c(-n2c3ccccc3c3ncccc32)c(-n2c3ccccc3c3cc(-n4c5ccccc5c5cccc(-c6ccccc6)c54)ccc32)c(-n2c3c(c4ccccc42)N=CCC=C3)c(-n2c3ccccc3c3cc(-n4c5ccccc5c5cccc(-c6ccccc6)c54)ccc32)c1-n1c2ccccc2c2ncccc21. The topological polar surface area (TPSA) is 96.4 Å². The Balaban J connectivity index is 0.936. The molecule has 0 fully saturated rings. The van der Waals surface area contributed by atoms with E-state index in [0.29, 0.717) is 23.4 Å². The van der Waals surface area contributed by atoms with Gasteiger partial charge in [0.1, 0.15) is 11.6 Å². The predicted octanol–water partition coefficient (Wildman–Crippen LogP) is 25.3. The smallest absolute Gasteiger partial charge is 0.105 e. The number of aliphatic imine (C=N–C) groups is 1. The average Bonchev–Trinajstić information content (AvgIpc) is 1.35. The Morgan fingerprint density at radius 1 is 0.277 bits per heavy atom. The molecule has 14 aromatic carbocycles. The van der Waals surface area contributed by atoms with Crippen LogP contribution in [-0.2, 0) is 0 Å². The minimum atomic E-state index is 0.422. The summed E-state index contributed by atoms with van der Waals surface area (Å²) in [7, 11) is 0. The first kappa shape index (κ1) is 61.7. The molecule has 0 radical (unpaired) electrons. The summed E-state index contributed by atoms with van der Waals surface area (Å²) in [6, 6.07) is 122. The van der Waals surface area contributed by atoms with Crippen LogP contribution in [0.25, 0.3) is 210 Å². The van der Waals surface area contributed by atoms with Crippen molar-refractivity contribution in [2.45, 2.75) is 6.42 Å². The average molecular weight is 1430 g/mol. The first-order valence-electron chi connectivity index (χ1n) is 38.0. The molecule has 24 rings (SSSR count). The monoisotopic (exact) mass is 1430 g/mol. The number of para-hydroxylation sites is 9. The number of hydrogen-bond donors (Lipinski definition) is 0. The van der Waals surface area contributed by atoms with Crippen LogP contribution in [0.15, 0.2) is 351 Å². The molecule has 0 atom stereocenters. The van der Waals surface area contributed by atoms with E-state index >= 15 is 0 Å². The van der Waals surface area contributed by atoms with E-state index in [1.807, 2.05) is 30.7 Å². The Kier molecular flexibility index (Phi) is 13.1. The molecule has 520 valence electrons. The third-order valence-electron chi connectivity index (χ3n) is 23.5. The van der Waals surface area contributed by atoms with E-state index in [2.05, 4.69) is 366 Å². The number of benzene rings is 14. The lowest BCUT2D eigenvalue weighted by Crippen LogP contribution is -2.19. The fourth-order valence-corrected chi connectivity index (χ4v) is 19.0. The number of rotatable bonds is 9. The molecule has 0 saturated carbocycles. The van der Waals surface area contributed by atoms with Gasteiger partial charge in [0.05, 0.1) is 123 Å². The molecule has 11 nitrogen and oxygen atoms in total. The van der Waals surface area contributed by atoms with Crippen molar-refractivity contribution in [3.8, 4) is 68.1 Å². The zero-order valence-electron chi connectivity index (χ0n) is 60.2. The molecule has 23 aromatic rings.